The first-order chi connectivity index (χ1) is 14.2. The van der Waals surface area contributed by atoms with Crippen LogP contribution in [0.2, 0.25) is 5.02 Å². The van der Waals surface area contributed by atoms with Gasteiger partial charge in [0.05, 0.1) is 16.2 Å². The van der Waals surface area contributed by atoms with Crippen LogP contribution in [-0.2, 0) is 11.3 Å². The topological polar surface area (TPSA) is 62.7 Å². The fourth-order valence-electron chi connectivity index (χ4n) is 3.27. The Bertz CT molecular complexity index is 1140. The number of pyridine rings is 1. The second-order valence-corrected chi connectivity index (χ2v) is 6.92. The summed E-state index contributed by atoms with van der Waals surface area (Å²) in [5.74, 6) is -0.928. The molecule has 1 saturated heterocycles. The van der Waals surface area contributed by atoms with Crippen molar-refractivity contribution in [3.63, 3.8) is 0 Å². The summed E-state index contributed by atoms with van der Waals surface area (Å²) < 4.78 is 40.7. The third-order valence-electron chi connectivity index (χ3n) is 4.54. The molecule has 10 heteroatoms. The molecule has 3 aromatic rings. The molecule has 0 spiro atoms. The molecule has 6 nitrogen and oxygen atoms in total. The van der Waals surface area contributed by atoms with Gasteiger partial charge in [-0.1, -0.05) is 23.7 Å². The van der Waals surface area contributed by atoms with Crippen LogP contribution in [0.25, 0.3) is 10.9 Å². The molecule has 154 valence electrons. The number of fused-ring (bicyclic) bond motifs is 1. The highest BCUT2D eigenvalue weighted by atomic mass is 35.5. The molecule has 4 rings (SSSR count). The number of aromatic nitrogens is 1. The van der Waals surface area contributed by atoms with E-state index >= 15 is 0 Å². The van der Waals surface area contributed by atoms with E-state index in [9.17, 15) is 22.8 Å². The molecule has 0 aliphatic carbocycles. The number of para-hydroxylation sites is 1. The van der Waals surface area contributed by atoms with Crippen LogP contribution in [0.1, 0.15) is 5.56 Å². The first-order valence-electron chi connectivity index (χ1n) is 8.73. The minimum atomic E-state index is -4.83. The zero-order valence-electron chi connectivity index (χ0n) is 15.2. The van der Waals surface area contributed by atoms with Crippen molar-refractivity contribution in [2.45, 2.75) is 12.9 Å². The summed E-state index contributed by atoms with van der Waals surface area (Å²) in [7, 11) is 0. The molecule has 1 aliphatic rings. The number of carbonyl (C=O) groups excluding carboxylic acids is 2. The molecule has 1 aromatic heterocycles. The van der Waals surface area contributed by atoms with Gasteiger partial charge in [-0.2, -0.15) is 0 Å². The van der Waals surface area contributed by atoms with E-state index in [-0.39, 0.29) is 18.8 Å². The van der Waals surface area contributed by atoms with Crippen LogP contribution in [0.3, 0.4) is 0 Å². The van der Waals surface area contributed by atoms with Gasteiger partial charge in [0.25, 0.3) is 5.91 Å². The quantitative estimate of drug-likeness (QED) is 0.554. The predicted octanol–water partition coefficient (Wildman–Crippen LogP) is 4.76. The first kappa shape index (κ1) is 20.0. The first-order valence-corrected chi connectivity index (χ1v) is 9.10. The molecule has 0 atom stereocenters. The van der Waals surface area contributed by atoms with Gasteiger partial charge in [-0.15, -0.1) is 13.2 Å². The molecular weight excluding hydrogens is 423 g/mol. The van der Waals surface area contributed by atoms with E-state index < -0.39 is 24.1 Å². The van der Waals surface area contributed by atoms with E-state index in [2.05, 4.69) is 9.72 Å². The van der Waals surface area contributed by atoms with Crippen molar-refractivity contribution in [3.8, 4) is 5.75 Å². The standard InChI is InChI=1S/C20H13ClF3N3O3/c21-16-3-1-2-15-12(8-9-25-18(15)16)10-26-11-17(28)27(19(26)29)13-4-6-14(7-5-13)30-20(22,23)24/h1-9H,10-11H2. The van der Waals surface area contributed by atoms with E-state index in [1.807, 2.05) is 6.07 Å². The SMILES string of the molecule is O=C1CN(Cc2ccnc3c(Cl)cccc23)C(=O)N1c1ccc(OC(F)(F)F)cc1. The lowest BCUT2D eigenvalue weighted by atomic mass is 10.1. The lowest BCUT2D eigenvalue weighted by molar-refractivity contribution is -0.274. The Hall–Kier alpha value is -3.33. The Morgan fingerprint density at radius 3 is 2.50 bits per heavy atom. The third-order valence-corrected chi connectivity index (χ3v) is 4.84. The van der Waals surface area contributed by atoms with Crippen LogP contribution < -0.4 is 9.64 Å². The van der Waals surface area contributed by atoms with Crippen molar-refractivity contribution in [1.29, 1.82) is 0 Å². The van der Waals surface area contributed by atoms with Crippen molar-refractivity contribution in [2.24, 2.45) is 0 Å². The molecule has 0 bridgehead atoms. The minimum absolute atomic E-state index is 0.149. The van der Waals surface area contributed by atoms with Gasteiger partial charge in [0, 0.05) is 18.1 Å². The summed E-state index contributed by atoms with van der Waals surface area (Å²) in [6, 6.07) is 11.0. The fourth-order valence-corrected chi connectivity index (χ4v) is 3.49. The highest BCUT2D eigenvalue weighted by molar-refractivity contribution is 6.35. The molecule has 0 radical (unpaired) electrons. The molecule has 0 saturated carbocycles. The number of hydrogen-bond donors (Lipinski definition) is 0. The normalized spacial score (nSPS) is 14.7. The third kappa shape index (κ3) is 3.88. The van der Waals surface area contributed by atoms with Crippen molar-refractivity contribution in [1.82, 2.24) is 9.88 Å². The average molecular weight is 436 g/mol. The average Bonchev–Trinajstić information content (AvgIpc) is 2.95. The van der Waals surface area contributed by atoms with Crippen LogP contribution in [0, 0.1) is 0 Å². The summed E-state index contributed by atoms with van der Waals surface area (Å²) in [4.78, 5) is 31.8. The number of amides is 3. The van der Waals surface area contributed by atoms with Crippen LogP contribution in [0.4, 0.5) is 23.7 Å². The zero-order valence-corrected chi connectivity index (χ0v) is 15.9. The Labute approximate surface area is 173 Å². The van der Waals surface area contributed by atoms with E-state index in [0.29, 0.717) is 10.5 Å². The molecule has 1 fully saturated rings. The van der Waals surface area contributed by atoms with Gasteiger partial charge >= 0.3 is 12.4 Å². The number of benzene rings is 2. The number of ether oxygens (including phenoxy) is 1. The van der Waals surface area contributed by atoms with E-state index in [1.165, 1.54) is 17.0 Å². The zero-order chi connectivity index (χ0) is 21.5. The maximum atomic E-state index is 12.8. The lowest BCUT2D eigenvalue weighted by Gasteiger charge is -2.18. The predicted molar refractivity (Wildman–Crippen MR) is 103 cm³/mol. The maximum absolute atomic E-state index is 12.8. The summed E-state index contributed by atoms with van der Waals surface area (Å²) in [5.41, 5.74) is 1.51. The van der Waals surface area contributed by atoms with Crippen molar-refractivity contribution in [3.05, 3.63) is 65.3 Å². The van der Waals surface area contributed by atoms with Gasteiger partial charge in [-0.05, 0) is 42.0 Å². The second-order valence-electron chi connectivity index (χ2n) is 6.52. The minimum Gasteiger partial charge on any atom is -0.406 e. The number of imide groups is 1. The number of carbonyl (C=O) groups is 2. The Balaban J connectivity index is 1.56. The molecular formula is C20H13ClF3N3O3. The number of rotatable bonds is 4. The number of alkyl halides is 3. The van der Waals surface area contributed by atoms with Crippen molar-refractivity contribution < 1.29 is 27.5 Å². The molecule has 3 amide bonds. The Morgan fingerprint density at radius 2 is 1.80 bits per heavy atom. The van der Waals surface area contributed by atoms with Gasteiger partial charge < -0.3 is 9.64 Å². The smallest absolute Gasteiger partial charge is 0.406 e. The molecule has 0 unspecified atom stereocenters. The number of urea groups is 1. The summed E-state index contributed by atoms with van der Waals surface area (Å²) in [6.45, 7) is -0.0142. The molecule has 0 N–H and O–H groups in total. The lowest BCUT2D eigenvalue weighted by Crippen LogP contribution is -2.32. The van der Waals surface area contributed by atoms with Gasteiger partial charge in [0.2, 0.25) is 0 Å². The number of halogens is 4. The highest BCUT2D eigenvalue weighted by Crippen LogP contribution is 2.29. The van der Waals surface area contributed by atoms with Crippen LogP contribution in [-0.4, -0.2) is 34.7 Å². The van der Waals surface area contributed by atoms with Gasteiger partial charge in [-0.3, -0.25) is 9.78 Å². The maximum Gasteiger partial charge on any atom is 0.573 e. The molecule has 2 aromatic carbocycles. The van der Waals surface area contributed by atoms with E-state index in [4.69, 9.17) is 11.6 Å². The summed E-state index contributed by atoms with van der Waals surface area (Å²) >= 11 is 6.17. The number of anilines is 1. The number of nitrogens with zero attached hydrogens (tertiary/aromatic N) is 3. The summed E-state index contributed by atoms with van der Waals surface area (Å²) in [6.07, 6.45) is -3.25. The highest BCUT2D eigenvalue weighted by Gasteiger charge is 2.37. The Morgan fingerprint density at radius 1 is 1.07 bits per heavy atom. The summed E-state index contributed by atoms with van der Waals surface area (Å²) in [5, 5.41) is 1.23. The molecule has 30 heavy (non-hydrogen) atoms. The van der Waals surface area contributed by atoms with E-state index in [0.717, 1.165) is 28.0 Å². The van der Waals surface area contributed by atoms with Crippen molar-refractivity contribution >= 4 is 40.1 Å². The molecule has 2 heterocycles. The van der Waals surface area contributed by atoms with Crippen LogP contribution in [0.5, 0.6) is 5.75 Å². The van der Waals surface area contributed by atoms with Crippen LogP contribution >= 0.6 is 11.6 Å². The fraction of sp³-hybridized carbons (Fsp3) is 0.150. The van der Waals surface area contributed by atoms with Crippen LogP contribution in [0.15, 0.2) is 54.7 Å². The second kappa shape index (κ2) is 7.49. The Kier molecular flexibility index (Phi) is 4.98. The van der Waals surface area contributed by atoms with Gasteiger partial charge in [0.1, 0.15) is 12.3 Å². The van der Waals surface area contributed by atoms with Gasteiger partial charge in [-0.25, -0.2) is 9.69 Å². The van der Waals surface area contributed by atoms with Crippen molar-refractivity contribution in [2.75, 3.05) is 11.4 Å². The molecule has 1 aliphatic heterocycles. The number of hydrogen-bond acceptors (Lipinski definition) is 4. The largest absolute Gasteiger partial charge is 0.573 e. The monoisotopic (exact) mass is 435 g/mol. The van der Waals surface area contributed by atoms with Gasteiger partial charge in [0.15, 0.2) is 0 Å². The van der Waals surface area contributed by atoms with E-state index in [1.54, 1.807) is 24.4 Å².